The molecule has 0 saturated carbocycles. The van der Waals surface area contributed by atoms with E-state index in [1.54, 1.807) is 33.4 Å². The SMILES string of the molecule is COc1c(C)c(-c2ccc(NC(C)C)nc2)c(OC)c(C)c1C=C(C)C(=O)O. The Morgan fingerprint density at radius 3 is 2.25 bits per heavy atom. The number of ether oxygens (including phenoxy) is 2. The van der Waals surface area contributed by atoms with E-state index in [1.807, 2.05) is 26.0 Å². The molecule has 0 unspecified atom stereocenters. The Kier molecular flexibility index (Phi) is 6.67. The van der Waals surface area contributed by atoms with Gasteiger partial charge in [0, 0.05) is 45.6 Å². The zero-order valence-electron chi connectivity index (χ0n) is 17.5. The topological polar surface area (TPSA) is 80.7 Å². The highest BCUT2D eigenvalue weighted by atomic mass is 16.5. The van der Waals surface area contributed by atoms with Crippen molar-refractivity contribution < 1.29 is 19.4 Å². The lowest BCUT2D eigenvalue weighted by molar-refractivity contribution is -0.132. The van der Waals surface area contributed by atoms with Gasteiger partial charge in [-0.25, -0.2) is 9.78 Å². The maximum Gasteiger partial charge on any atom is 0.331 e. The number of nitrogens with zero attached hydrogens (tertiary/aromatic N) is 1. The highest BCUT2D eigenvalue weighted by molar-refractivity contribution is 5.93. The van der Waals surface area contributed by atoms with Crippen molar-refractivity contribution in [2.24, 2.45) is 0 Å². The number of rotatable bonds is 7. The number of aliphatic carboxylic acids is 1. The van der Waals surface area contributed by atoms with Crippen LogP contribution in [0.5, 0.6) is 11.5 Å². The van der Waals surface area contributed by atoms with Gasteiger partial charge < -0.3 is 19.9 Å². The van der Waals surface area contributed by atoms with E-state index in [-0.39, 0.29) is 5.57 Å². The van der Waals surface area contributed by atoms with Crippen LogP contribution in [-0.2, 0) is 4.79 Å². The summed E-state index contributed by atoms with van der Waals surface area (Å²) in [6, 6.07) is 4.21. The summed E-state index contributed by atoms with van der Waals surface area (Å²) in [5.41, 5.74) is 4.37. The van der Waals surface area contributed by atoms with Crippen LogP contribution in [0.25, 0.3) is 17.2 Å². The molecule has 6 nitrogen and oxygen atoms in total. The van der Waals surface area contributed by atoms with E-state index in [1.165, 1.54) is 0 Å². The molecule has 0 saturated heterocycles. The second-order valence-electron chi connectivity index (χ2n) is 6.97. The van der Waals surface area contributed by atoms with E-state index in [0.29, 0.717) is 23.1 Å². The van der Waals surface area contributed by atoms with E-state index in [4.69, 9.17) is 9.47 Å². The van der Waals surface area contributed by atoms with E-state index in [2.05, 4.69) is 24.1 Å². The monoisotopic (exact) mass is 384 g/mol. The molecule has 0 aliphatic heterocycles. The fraction of sp³-hybridized carbons (Fsp3) is 0.364. The molecule has 1 aromatic carbocycles. The molecule has 0 fully saturated rings. The van der Waals surface area contributed by atoms with Crippen LogP contribution < -0.4 is 14.8 Å². The van der Waals surface area contributed by atoms with Gasteiger partial charge in [-0.15, -0.1) is 0 Å². The van der Waals surface area contributed by atoms with Crippen LogP contribution in [0.1, 0.15) is 37.5 Å². The van der Waals surface area contributed by atoms with Crippen molar-refractivity contribution in [3.8, 4) is 22.6 Å². The number of benzene rings is 1. The molecule has 1 aromatic heterocycles. The second kappa shape index (κ2) is 8.78. The first-order chi connectivity index (χ1) is 13.2. The lowest BCUT2D eigenvalue weighted by Crippen LogP contribution is -2.10. The number of hydrogen-bond donors (Lipinski definition) is 2. The minimum atomic E-state index is -0.973. The third kappa shape index (κ3) is 4.27. The van der Waals surface area contributed by atoms with Crippen molar-refractivity contribution in [3.63, 3.8) is 0 Å². The normalized spacial score (nSPS) is 11.5. The van der Waals surface area contributed by atoms with Crippen LogP contribution >= 0.6 is 0 Å². The summed E-state index contributed by atoms with van der Waals surface area (Å²) in [4.78, 5) is 15.8. The van der Waals surface area contributed by atoms with E-state index < -0.39 is 5.97 Å². The summed E-state index contributed by atoms with van der Waals surface area (Å²) in [6.45, 7) is 9.50. The van der Waals surface area contributed by atoms with Gasteiger partial charge in [0.15, 0.2) is 0 Å². The summed E-state index contributed by atoms with van der Waals surface area (Å²) in [5, 5.41) is 12.5. The van der Waals surface area contributed by atoms with Crippen molar-refractivity contribution in [2.45, 2.75) is 40.7 Å². The van der Waals surface area contributed by atoms with Gasteiger partial charge in [0.1, 0.15) is 17.3 Å². The Hall–Kier alpha value is -3.02. The molecule has 2 aromatic rings. The summed E-state index contributed by atoms with van der Waals surface area (Å²) in [5.74, 6) is 1.13. The maximum absolute atomic E-state index is 11.3. The van der Waals surface area contributed by atoms with Gasteiger partial charge in [0.05, 0.1) is 14.2 Å². The lowest BCUT2D eigenvalue weighted by Gasteiger charge is -2.21. The predicted octanol–water partition coefficient (Wildman–Crippen LogP) is 4.69. The third-order valence-electron chi connectivity index (χ3n) is 4.53. The number of anilines is 1. The Bertz CT molecular complexity index is 900. The molecule has 2 N–H and O–H groups in total. The van der Waals surface area contributed by atoms with E-state index >= 15 is 0 Å². The van der Waals surface area contributed by atoms with Crippen molar-refractivity contribution in [2.75, 3.05) is 19.5 Å². The standard InChI is InChI=1S/C22H28N2O4/c1-12(2)24-18-9-8-16(11-23-18)19-15(5)20(27-6)17(10-13(3)22(25)26)14(4)21(19)28-7/h8-12H,1-7H3,(H,23,24)(H,25,26). The van der Waals surface area contributed by atoms with Crippen molar-refractivity contribution in [3.05, 3.63) is 40.6 Å². The molecule has 2 rings (SSSR count). The number of hydrogen-bond acceptors (Lipinski definition) is 5. The van der Waals surface area contributed by atoms with E-state index in [0.717, 1.165) is 28.1 Å². The van der Waals surface area contributed by atoms with Crippen LogP contribution in [0, 0.1) is 13.8 Å². The van der Waals surface area contributed by atoms with Gasteiger partial charge in [-0.05, 0) is 52.8 Å². The predicted molar refractivity (Wildman–Crippen MR) is 112 cm³/mol. The maximum atomic E-state index is 11.3. The van der Waals surface area contributed by atoms with Gasteiger partial charge in [-0.3, -0.25) is 0 Å². The molecule has 150 valence electrons. The molecule has 28 heavy (non-hydrogen) atoms. The van der Waals surface area contributed by atoms with Gasteiger partial charge in [-0.2, -0.15) is 0 Å². The lowest BCUT2D eigenvalue weighted by atomic mass is 9.92. The molecule has 0 spiro atoms. The first-order valence-electron chi connectivity index (χ1n) is 9.10. The van der Waals surface area contributed by atoms with Crippen LogP contribution in [-0.4, -0.2) is 36.3 Å². The van der Waals surface area contributed by atoms with Gasteiger partial charge in [-0.1, -0.05) is 0 Å². The molecule has 0 radical (unpaired) electrons. The Morgan fingerprint density at radius 2 is 1.79 bits per heavy atom. The summed E-state index contributed by atoms with van der Waals surface area (Å²) >= 11 is 0. The number of methoxy groups -OCH3 is 2. The number of pyridine rings is 1. The molecule has 0 bridgehead atoms. The fourth-order valence-corrected chi connectivity index (χ4v) is 3.21. The largest absolute Gasteiger partial charge is 0.496 e. The molecule has 0 aliphatic rings. The molecular weight excluding hydrogens is 356 g/mol. The van der Waals surface area contributed by atoms with E-state index in [9.17, 15) is 9.90 Å². The minimum Gasteiger partial charge on any atom is -0.496 e. The number of carboxylic acids is 1. The average molecular weight is 384 g/mol. The number of nitrogens with one attached hydrogen (secondary N) is 1. The number of carboxylic acid groups (broad SMARTS) is 1. The molecule has 0 amide bonds. The zero-order valence-corrected chi connectivity index (χ0v) is 17.5. The summed E-state index contributed by atoms with van der Waals surface area (Å²) in [6.07, 6.45) is 3.41. The summed E-state index contributed by atoms with van der Waals surface area (Å²) in [7, 11) is 3.19. The smallest absolute Gasteiger partial charge is 0.331 e. The van der Waals surface area contributed by atoms with Crippen LogP contribution in [0.15, 0.2) is 23.9 Å². The number of carbonyl (C=O) groups is 1. The molecule has 6 heteroatoms. The second-order valence-corrected chi connectivity index (χ2v) is 6.97. The zero-order chi connectivity index (χ0) is 21.0. The van der Waals surface area contributed by atoms with Crippen molar-refractivity contribution >= 4 is 17.9 Å². The molecule has 0 aliphatic carbocycles. The Balaban J connectivity index is 2.71. The molecular formula is C22H28N2O4. The van der Waals surface area contributed by atoms with Gasteiger partial charge >= 0.3 is 5.97 Å². The minimum absolute atomic E-state index is 0.224. The van der Waals surface area contributed by atoms with Crippen LogP contribution in [0.4, 0.5) is 5.82 Å². The quantitative estimate of drug-likeness (QED) is 0.674. The first-order valence-corrected chi connectivity index (χ1v) is 9.10. The van der Waals surface area contributed by atoms with Gasteiger partial charge in [0.2, 0.25) is 0 Å². The van der Waals surface area contributed by atoms with Crippen molar-refractivity contribution in [1.29, 1.82) is 0 Å². The highest BCUT2D eigenvalue weighted by Crippen LogP contribution is 2.44. The van der Waals surface area contributed by atoms with Crippen LogP contribution in [0.3, 0.4) is 0 Å². The average Bonchev–Trinajstić information content (AvgIpc) is 2.64. The molecule has 1 heterocycles. The van der Waals surface area contributed by atoms with Crippen molar-refractivity contribution in [1.82, 2.24) is 4.98 Å². The Morgan fingerprint density at radius 1 is 1.14 bits per heavy atom. The number of aromatic nitrogens is 1. The van der Waals surface area contributed by atoms with Crippen LogP contribution in [0.2, 0.25) is 0 Å². The summed E-state index contributed by atoms with van der Waals surface area (Å²) < 4.78 is 11.4. The first kappa shape index (κ1) is 21.3. The highest BCUT2D eigenvalue weighted by Gasteiger charge is 2.22. The van der Waals surface area contributed by atoms with Gasteiger partial charge in [0.25, 0.3) is 0 Å². The third-order valence-corrected chi connectivity index (χ3v) is 4.53. The molecule has 0 atom stereocenters. The fourth-order valence-electron chi connectivity index (χ4n) is 3.21. The Labute approximate surface area is 166 Å².